The molecule has 7 nitrogen and oxygen atoms in total. The molecule has 1 aliphatic heterocycles. The topological polar surface area (TPSA) is 99.1 Å². The normalized spacial score (nSPS) is 16.5. The van der Waals surface area contributed by atoms with Crippen molar-refractivity contribution in [2.45, 2.75) is 24.9 Å². The molecule has 1 amide bonds. The molecule has 1 saturated heterocycles. The summed E-state index contributed by atoms with van der Waals surface area (Å²) in [6.45, 7) is 0.874. The number of halogens is 1. The van der Waals surface area contributed by atoms with Gasteiger partial charge >= 0.3 is 5.97 Å². The largest absolute Gasteiger partial charge is 0.495 e. The zero-order chi connectivity index (χ0) is 17.7. The molecule has 132 valence electrons. The molecule has 0 spiro atoms. The number of nitrogens with zero attached hydrogens (tertiary/aromatic N) is 1. The van der Waals surface area contributed by atoms with E-state index in [0.717, 1.165) is 0 Å². The van der Waals surface area contributed by atoms with Gasteiger partial charge in [0.25, 0.3) is 0 Å². The molecule has 8 heteroatoms. The summed E-state index contributed by atoms with van der Waals surface area (Å²) in [6.07, 6.45) is 0.342. The van der Waals surface area contributed by atoms with Crippen LogP contribution in [0.4, 0.5) is 5.69 Å². The van der Waals surface area contributed by atoms with Crippen LogP contribution in [0.1, 0.15) is 19.3 Å². The lowest BCUT2D eigenvalue weighted by Crippen LogP contribution is -2.51. The Morgan fingerprint density at radius 3 is 2.62 bits per heavy atom. The van der Waals surface area contributed by atoms with E-state index < -0.39 is 11.6 Å². The van der Waals surface area contributed by atoms with E-state index in [4.69, 9.17) is 21.4 Å². The Labute approximate surface area is 145 Å². The van der Waals surface area contributed by atoms with E-state index >= 15 is 0 Å². The predicted molar refractivity (Wildman–Crippen MR) is 89.5 cm³/mol. The molecule has 0 aliphatic carbocycles. The minimum absolute atomic E-state index is 0.0453. The number of likely N-dealkylation sites (tertiary alicyclic amines) is 1. The number of amides is 1. The van der Waals surface area contributed by atoms with Crippen LogP contribution in [0.3, 0.4) is 0 Å². The number of rotatable bonds is 6. The number of nitrogens with one attached hydrogen (secondary N) is 1. The van der Waals surface area contributed by atoms with E-state index in [2.05, 4.69) is 5.32 Å². The zero-order valence-corrected chi connectivity index (χ0v) is 14.2. The Morgan fingerprint density at radius 2 is 2.04 bits per heavy atom. The maximum Gasteiger partial charge on any atom is 0.335 e. The standard InChI is InChI=1S/C16H21ClN2O5/c1-24-13-3-2-11(17)10-12(13)18-7-4-14(20)19-8-5-16(23,6-9-19)15(21)22/h2-3,10,18,23H,4-9H2,1H3,(H,21,22). The molecule has 24 heavy (non-hydrogen) atoms. The fourth-order valence-corrected chi connectivity index (χ4v) is 2.79. The van der Waals surface area contributed by atoms with Crippen LogP contribution in [0, 0.1) is 0 Å². The van der Waals surface area contributed by atoms with E-state index in [1.165, 1.54) is 0 Å². The Hall–Kier alpha value is -1.99. The number of carbonyl (C=O) groups is 2. The summed E-state index contributed by atoms with van der Waals surface area (Å²) in [5.74, 6) is -0.684. The highest BCUT2D eigenvalue weighted by Crippen LogP contribution is 2.27. The molecule has 0 aromatic heterocycles. The van der Waals surface area contributed by atoms with Crippen LogP contribution in [0.5, 0.6) is 5.75 Å². The van der Waals surface area contributed by atoms with E-state index in [-0.39, 0.29) is 38.3 Å². The molecule has 3 N–H and O–H groups in total. The van der Waals surface area contributed by atoms with Crippen molar-refractivity contribution in [2.24, 2.45) is 0 Å². The number of ether oxygens (including phenoxy) is 1. The van der Waals surface area contributed by atoms with Gasteiger partial charge < -0.3 is 25.2 Å². The molecular weight excluding hydrogens is 336 g/mol. The summed E-state index contributed by atoms with van der Waals surface area (Å²) < 4.78 is 5.22. The van der Waals surface area contributed by atoms with E-state index in [1.54, 1.807) is 30.2 Å². The molecular formula is C16H21ClN2O5. The number of anilines is 1. The summed E-state index contributed by atoms with van der Waals surface area (Å²) in [5, 5.41) is 22.5. The number of carboxylic acids is 1. The van der Waals surface area contributed by atoms with Crippen LogP contribution < -0.4 is 10.1 Å². The molecule has 0 atom stereocenters. The molecule has 1 fully saturated rings. The van der Waals surface area contributed by atoms with Gasteiger partial charge in [-0.1, -0.05) is 11.6 Å². The monoisotopic (exact) mass is 356 g/mol. The number of piperidine rings is 1. The van der Waals surface area contributed by atoms with Crippen LogP contribution in [0.2, 0.25) is 5.02 Å². The fourth-order valence-electron chi connectivity index (χ4n) is 2.62. The lowest BCUT2D eigenvalue weighted by atomic mass is 9.91. The van der Waals surface area contributed by atoms with Crippen LogP contribution in [0.25, 0.3) is 0 Å². The van der Waals surface area contributed by atoms with Gasteiger partial charge in [0.2, 0.25) is 5.91 Å². The minimum atomic E-state index is -1.72. The van der Waals surface area contributed by atoms with Gasteiger partial charge in [0.15, 0.2) is 5.60 Å². The summed E-state index contributed by atoms with van der Waals surface area (Å²) in [6, 6.07) is 5.18. The average molecular weight is 357 g/mol. The Morgan fingerprint density at radius 1 is 1.38 bits per heavy atom. The first kappa shape index (κ1) is 18.4. The van der Waals surface area contributed by atoms with Crippen molar-refractivity contribution in [3.8, 4) is 5.75 Å². The van der Waals surface area contributed by atoms with Crippen molar-refractivity contribution in [2.75, 3.05) is 32.1 Å². The SMILES string of the molecule is COc1ccc(Cl)cc1NCCC(=O)N1CCC(O)(C(=O)O)CC1. The zero-order valence-electron chi connectivity index (χ0n) is 13.4. The molecule has 1 heterocycles. The second-order valence-corrected chi connectivity index (χ2v) is 6.18. The fraction of sp³-hybridized carbons (Fsp3) is 0.500. The van der Waals surface area contributed by atoms with Crippen LogP contribution in [0.15, 0.2) is 18.2 Å². The summed E-state index contributed by atoms with van der Waals surface area (Å²) in [5.41, 5.74) is -1.01. The van der Waals surface area contributed by atoms with Crippen molar-refractivity contribution >= 4 is 29.2 Å². The van der Waals surface area contributed by atoms with Crippen LogP contribution >= 0.6 is 11.6 Å². The van der Waals surface area contributed by atoms with Crippen molar-refractivity contribution in [1.29, 1.82) is 0 Å². The third-order valence-corrected chi connectivity index (χ3v) is 4.39. The number of aliphatic carboxylic acids is 1. The van der Waals surface area contributed by atoms with Crippen molar-refractivity contribution < 1.29 is 24.5 Å². The van der Waals surface area contributed by atoms with Crippen molar-refractivity contribution in [1.82, 2.24) is 4.90 Å². The number of hydrogen-bond acceptors (Lipinski definition) is 5. The maximum absolute atomic E-state index is 12.2. The van der Waals surface area contributed by atoms with E-state index in [1.807, 2.05) is 0 Å². The number of carbonyl (C=O) groups excluding carboxylic acids is 1. The van der Waals surface area contributed by atoms with Gasteiger partial charge in [-0.05, 0) is 18.2 Å². The van der Waals surface area contributed by atoms with Crippen LogP contribution in [-0.4, -0.2) is 59.3 Å². The first-order valence-corrected chi connectivity index (χ1v) is 8.04. The Balaban J connectivity index is 1.82. The Kier molecular flexibility index (Phi) is 5.90. The summed E-state index contributed by atoms with van der Waals surface area (Å²) in [7, 11) is 1.55. The quantitative estimate of drug-likeness (QED) is 0.716. The second kappa shape index (κ2) is 7.72. The molecule has 0 unspecified atom stereocenters. The highest BCUT2D eigenvalue weighted by atomic mass is 35.5. The first-order chi connectivity index (χ1) is 11.4. The lowest BCUT2D eigenvalue weighted by molar-refractivity contribution is -0.165. The highest BCUT2D eigenvalue weighted by Gasteiger charge is 2.40. The van der Waals surface area contributed by atoms with Gasteiger partial charge in [0.05, 0.1) is 12.8 Å². The average Bonchev–Trinajstić information content (AvgIpc) is 2.55. The third-order valence-electron chi connectivity index (χ3n) is 4.16. The van der Waals surface area contributed by atoms with Gasteiger partial charge in [-0.25, -0.2) is 4.79 Å². The summed E-state index contributed by atoms with van der Waals surface area (Å²) >= 11 is 5.95. The van der Waals surface area contributed by atoms with Gasteiger partial charge in [0, 0.05) is 43.9 Å². The van der Waals surface area contributed by atoms with Gasteiger partial charge in [-0.3, -0.25) is 4.79 Å². The first-order valence-electron chi connectivity index (χ1n) is 7.67. The molecule has 2 rings (SSSR count). The number of aliphatic hydroxyl groups is 1. The third kappa shape index (κ3) is 4.30. The molecule has 1 aromatic rings. The molecule has 0 radical (unpaired) electrons. The Bertz CT molecular complexity index is 614. The predicted octanol–water partition coefficient (Wildman–Crippen LogP) is 1.59. The van der Waals surface area contributed by atoms with Crippen molar-refractivity contribution in [3.63, 3.8) is 0 Å². The minimum Gasteiger partial charge on any atom is -0.495 e. The number of methoxy groups -OCH3 is 1. The maximum atomic E-state index is 12.2. The van der Waals surface area contributed by atoms with Gasteiger partial charge in [0.1, 0.15) is 5.75 Å². The van der Waals surface area contributed by atoms with Crippen molar-refractivity contribution in [3.05, 3.63) is 23.2 Å². The number of carboxylic acid groups (broad SMARTS) is 1. The van der Waals surface area contributed by atoms with Crippen LogP contribution in [-0.2, 0) is 9.59 Å². The van der Waals surface area contributed by atoms with Gasteiger partial charge in [-0.2, -0.15) is 0 Å². The smallest absolute Gasteiger partial charge is 0.335 e. The van der Waals surface area contributed by atoms with Gasteiger partial charge in [-0.15, -0.1) is 0 Å². The summed E-state index contributed by atoms with van der Waals surface area (Å²) in [4.78, 5) is 24.8. The number of benzene rings is 1. The molecule has 0 saturated carbocycles. The number of hydrogen-bond donors (Lipinski definition) is 3. The van der Waals surface area contributed by atoms with E-state index in [0.29, 0.717) is 23.0 Å². The second-order valence-electron chi connectivity index (χ2n) is 5.74. The molecule has 0 bridgehead atoms. The lowest BCUT2D eigenvalue weighted by Gasteiger charge is -2.35. The van der Waals surface area contributed by atoms with E-state index in [9.17, 15) is 14.7 Å². The molecule has 1 aromatic carbocycles. The highest BCUT2D eigenvalue weighted by molar-refractivity contribution is 6.30. The molecule has 1 aliphatic rings.